The monoisotopic (exact) mass is 368 g/mol. The largest absolute Gasteiger partial charge is 0.336 e. The fraction of sp³-hybridized carbons (Fsp3) is 0.600. The molecule has 2 aromatic rings. The van der Waals surface area contributed by atoms with Gasteiger partial charge in [-0.25, -0.2) is 9.97 Å². The lowest BCUT2D eigenvalue weighted by molar-refractivity contribution is -0.134. The summed E-state index contributed by atoms with van der Waals surface area (Å²) in [7, 11) is 1.94. The normalized spacial score (nSPS) is 19.0. The predicted molar refractivity (Wildman–Crippen MR) is 105 cm³/mol. The number of anilines is 1. The van der Waals surface area contributed by atoms with Crippen LogP contribution in [0.5, 0.6) is 0 Å². The van der Waals surface area contributed by atoms with E-state index in [9.17, 15) is 4.79 Å². The Kier molecular flexibility index (Phi) is 4.85. The molecule has 1 saturated carbocycles. The predicted octanol–water partition coefficient (Wildman–Crippen LogP) is 2.48. The highest BCUT2D eigenvalue weighted by Gasteiger charge is 2.31. The summed E-state index contributed by atoms with van der Waals surface area (Å²) in [6, 6.07) is 2.35. The van der Waals surface area contributed by atoms with Gasteiger partial charge >= 0.3 is 0 Å². The lowest BCUT2D eigenvalue weighted by Crippen LogP contribution is -2.54. The molecule has 7 nitrogen and oxygen atoms in total. The Morgan fingerprint density at radius 1 is 1.11 bits per heavy atom. The van der Waals surface area contributed by atoms with E-state index in [2.05, 4.69) is 15.0 Å². The smallest absolute Gasteiger partial charge is 0.242 e. The maximum atomic E-state index is 12.8. The summed E-state index contributed by atoms with van der Waals surface area (Å²) in [5.74, 6) is 0.836. The van der Waals surface area contributed by atoms with Gasteiger partial charge in [-0.2, -0.15) is 5.10 Å². The van der Waals surface area contributed by atoms with E-state index in [1.54, 1.807) is 6.20 Å². The van der Waals surface area contributed by atoms with Gasteiger partial charge in [0.25, 0.3) is 0 Å². The topological polar surface area (TPSA) is 67.2 Å². The average molecular weight is 368 g/mol. The minimum absolute atomic E-state index is 0.205. The molecule has 27 heavy (non-hydrogen) atoms. The summed E-state index contributed by atoms with van der Waals surface area (Å²) < 4.78 is 1.87. The molecule has 144 valence electrons. The second-order valence-electron chi connectivity index (χ2n) is 7.71. The number of carbonyl (C=O) groups is 1. The highest BCUT2D eigenvalue weighted by Crippen LogP contribution is 2.27. The van der Waals surface area contributed by atoms with Crippen molar-refractivity contribution in [3.8, 4) is 11.3 Å². The van der Waals surface area contributed by atoms with E-state index in [4.69, 9.17) is 4.98 Å². The van der Waals surface area contributed by atoms with Crippen LogP contribution in [0.25, 0.3) is 11.3 Å². The fourth-order valence-corrected chi connectivity index (χ4v) is 4.42. The van der Waals surface area contributed by atoms with Gasteiger partial charge in [-0.05, 0) is 32.8 Å². The molecule has 2 fully saturated rings. The minimum atomic E-state index is 0.205. The van der Waals surface area contributed by atoms with Crippen LogP contribution >= 0.6 is 0 Å². The number of amides is 1. The first-order valence-electron chi connectivity index (χ1n) is 9.92. The minimum Gasteiger partial charge on any atom is -0.336 e. The van der Waals surface area contributed by atoms with Crippen molar-refractivity contribution >= 4 is 11.9 Å². The van der Waals surface area contributed by atoms with Crippen molar-refractivity contribution < 1.29 is 4.79 Å². The summed E-state index contributed by atoms with van der Waals surface area (Å²) in [4.78, 5) is 26.1. The fourth-order valence-electron chi connectivity index (χ4n) is 4.42. The van der Waals surface area contributed by atoms with Crippen molar-refractivity contribution in [3.05, 3.63) is 23.7 Å². The molecule has 0 atom stereocenters. The maximum Gasteiger partial charge on any atom is 0.242 e. The average Bonchev–Trinajstić information content (AvgIpc) is 2.94. The molecule has 3 heterocycles. The highest BCUT2D eigenvalue weighted by molar-refractivity contribution is 5.82. The van der Waals surface area contributed by atoms with Crippen LogP contribution in [0.2, 0.25) is 0 Å². The van der Waals surface area contributed by atoms with Crippen LogP contribution < -0.4 is 4.90 Å². The Balaban J connectivity index is 1.52. The second kappa shape index (κ2) is 7.29. The summed E-state index contributed by atoms with van der Waals surface area (Å²) in [5, 5.41) is 4.48. The first-order valence-corrected chi connectivity index (χ1v) is 9.92. The molecule has 0 N–H and O–H groups in total. The molecule has 0 aromatic carbocycles. The summed E-state index contributed by atoms with van der Waals surface area (Å²) in [6.07, 6.45) is 7.87. The van der Waals surface area contributed by atoms with Crippen molar-refractivity contribution in [2.45, 2.75) is 52.0 Å². The number of hydrogen-bond donors (Lipinski definition) is 0. The van der Waals surface area contributed by atoms with E-state index in [-0.39, 0.29) is 5.91 Å². The molecule has 0 bridgehead atoms. The molecule has 4 rings (SSSR count). The standard InChI is InChI=1S/C20H28N6O/c1-14-19(15(2)24(3)23-14)17-9-10-21-20(22-17)25-11-12-26(18(27)13-25)16-7-5-4-6-8-16/h9-10,16H,4-8,11-13H2,1-3H3. The third-order valence-electron chi connectivity index (χ3n) is 5.96. The summed E-state index contributed by atoms with van der Waals surface area (Å²) in [5.41, 5.74) is 3.95. The van der Waals surface area contributed by atoms with Crippen LogP contribution in [0.15, 0.2) is 12.3 Å². The SMILES string of the molecule is Cc1nn(C)c(C)c1-c1ccnc(N2CCN(C3CCCCC3)C(=O)C2)n1. The van der Waals surface area contributed by atoms with Crippen LogP contribution in [0.1, 0.15) is 43.5 Å². The zero-order valence-electron chi connectivity index (χ0n) is 16.5. The Hall–Kier alpha value is -2.44. The van der Waals surface area contributed by atoms with Crippen molar-refractivity contribution in [1.29, 1.82) is 0 Å². The lowest BCUT2D eigenvalue weighted by atomic mass is 9.93. The third kappa shape index (κ3) is 3.42. The number of rotatable bonds is 3. The Labute approximate surface area is 160 Å². The molecular weight excluding hydrogens is 340 g/mol. The third-order valence-corrected chi connectivity index (χ3v) is 5.96. The summed E-state index contributed by atoms with van der Waals surface area (Å²) >= 11 is 0. The van der Waals surface area contributed by atoms with E-state index in [1.807, 2.05) is 36.5 Å². The van der Waals surface area contributed by atoms with E-state index < -0.39 is 0 Å². The Bertz CT molecular complexity index is 839. The molecule has 7 heteroatoms. The van der Waals surface area contributed by atoms with Crippen LogP contribution in [0.3, 0.4) is 0 Å². The van der Waals surface area contributed by atoms with E-state index in [1.165, 1.54) is 19.3 Å². The van der Waals surface area contributed by atoms with Crippen molar-refractivity contribution in [2.24, 2.45) is 7.05 Å². The molecule has 0 spiro atoms. The van der Waals surface area contributed by atoms with Crippen LogP contribution in [-0.2, 0) is 11.8 Å². The van der Waals surface area contributed by atoms with Gasteiger partial charge < -0.3 is 9.80 Å². The highest BCUT2D eigenvalue weighted by atomic mass is 16.2. The van der Waals surface area contributed by atoms with E-state index in [0.717, 1.165) is 48.6 Å². The molecule has 0 radical (unpaired) electrons. The van der Waals surface area contributed by atoms with Gasteiger partial charge in [0.15, 0.2) is 0 Å². The maximum absolute atomic E-state index is 12.8. The molecule has 1 saturated heterocycles. The second-order valence-corrected chi connectivity index (χ2v) is 7.71. The van der Waals surface area contributed by atoms with Crippen LogP contribution in [0.4, 0.5) is 5.95 Å². The van der Waals surface area contributed by atoms with Crippen molar-refractivity contribution in [3.63, 3.8) is 0 Å². The zero-order chi connectivity index (χ0) is 19.0. The number of nitrogens with zero attached hydrogens (tertiary/aromatic N) is 6. The van der Waals surface area contributed by atoms with Gasteiger partial charge in [0.1, 0.15) is 6.54 Å². The molecule has 0 unspecified atom stereocenters. The quantitative estimate of drug-likeness (QED) is 0.833. The van der Waals surface area contributed by atoms with Gasteiger partial charge in [-0.15, -0.1) is 0 Å². The molecule has 1 aliphatic carbocycles. The summed E-state index contributed by atoms with van der Waals surface area (Å²) in [6.45, 7) is 5.96. The first kappa shape index (κ1) is 17.9. The molecule has 1 amide bonds. The van der Waals surface area contributed by atoms with E-state index >= 15 is 0 Å². The molecule has 1 aliphatic heterocycles. The number of carbonyl (C=O) groups excluding carboxylic acids is 1. The van der Waals surface area contributed by atoms with Gasteiger partial charge in [-0.1, -0.05) is 19.3 Å². The van der Waals surface area contributed by atoms with Gasteiger partial charge in [0.05, 0.1) is 11.4 Å². The number of piperazine rings is 1. The Morgan fingerprint density at radius 2 is 1.89 bits per heavy atom. The Morgan fingerprint density at radius 3 is 2.56 bits per heavy atom. The van der Waals surface area contributed by atoms with Crippen molar-refractivity contribution in [1.82, 2.24) is 24.6 Å². The number of aryl methyl sites for hydroxylation is 2. The van der Waals surface area contributed by atoms with Crippen molar-refractivity contribution in [2.75, 3.05) is 24.5 Å². The molecular formula is C20H28N6O. The van der Waals surface area contributed by atoms with Crippen LogP contribution in [-0.4, -0.2) is 56.2 Å². The number of hydrogen-bond acceptors (Lipinski definition) is 5. The van der Waals surface area contributed by atoms with Gasteiger partial charge in [0, 0.05) is 43.6 Å². The van der Waals surface area contributed by atoms with Gasteiger partial charge in [-0.3, -0.25) is 9.48 Å². The van der Waals surface area contributed by atoms with Crippen LogP contribution in [0, 0.1) is 13.8 Å². The van der Waals surface area contributed by atoms with E-state index in [0.29, 0.717) is 18.5 Å². The first-order chi connectivity index (χ1) is 13.0. The number of aromatic nitrogens is 4. The van der Waals surface area contributed by atoms with Gasteiger partial charge in [0.2, 0.25) is 11.9 Å². The lowest BCUT2D eigenvalue weighted by Gasteiger charge is -2.40. The molecule has 2 aliphatic rings. The molecule has 2 aromatic heterocycles. The zero-order valence-corrected chi connectivity index (χ0v) is 16.5.